The molecule has 110 valence electrons. The van der Waals surface area contributed by atoms with E-state index < -0.39 is 15.6 Å². The minimum Gasteiger partial charge on any atom is -0.389 e. The molecular formula is C12H20ClNO3S2. The zero-order valence-electron chi connectivity index (χ0n) is 11.5. The minimum absolute atomic E-state index is 0.0118. The number of hydrogen-bond acceptors (Lipinski definition) is 4. The first-order valence-corrected chi connectivity index (χ1v) is 8.69. The Kier molecular flexibility index (Phi) is 5.43. The third-order valence-electron chi connectivity index (χ3n) is 2.59. The van der Waals surface area contributed by atoms with Crippen LogP contribution in [0.15, 0.2) is 10.3 Å². The fraction of sp³-hybridized carbons (Fsp3) is 0.667. The van der Waals surface area contributed by atoms with Crippen molar-refractivity contribution in [1.29, 1.82) is 0 Å². The van der Waals surface area contributed by atoms with E-state index in [-0.39, 0.29) is 16.7 Å². The smallest absolute Gasteiger partial charge is 0.250 e. The van der Waals surface area contributed by atoms with E-state index in [1.54, 1.807) is 13.8 Å². The lowest BCUT2D eigenvalue weighted by atomic mass is 9.95. The fourth-order valence-corrected chi connectivity index (χ4v) is 4.75. The molecule has 1 heterocycles. The van der Waals surface area contributed by atoms with Gasteiger partial charge in [0.25, 0.3) is 0 Å². The molecule has 0 spiro atoms. The Hall–Kier alpha value is -0.140. The lowest BCUT2D eigenvalue weighted by Gasteiger charge is -2.25. The zero-order chi connectivity index (χ0) is 14.8. The molecule has 0 fully saturated rings. The molecule has 1 unspecified atom stereocenters. The molecule has 0 bridgehead atoms. The lowest BCUT2D eigenvalue weighted by molar-refractivity contribution is 0.0437. The van der Waals surface area contributed by atoms with E-state index in [4.69, 9.17) is 11.6 Å². The van der Waals surface area contributed by atoms with Gasteiger partial charge < -0.3 is 5.11 Å². The van der Waals surface area contributed by atoms with E-state index >= 15 is 0 Å². The zero-order valence-corrected chi connectivity index (χ0v) is 13.9. The van der Waals surface area contributed by atoms with Crippen molar-refractivity contribution in [2.45, 2.75) is 43.9 Å². The maximum Gasteiger partial charge on any atom is 0.250 e. The molecule has 0 aromatic carbocycles. The Bertz CT molecular complexity index is 516. The van der Waals surface area contributed by atoms with Crippen molar-refractivity contribution in [2.24, 2.45) is 5.92 Å². The number of aryl methyl sites for hydroxylation is 1. The molecule has 2 N–H and O–H groups in total. The van der Waals surface area contributed by atoms with Crippen molar-refractivity contribution in [3.8, 4) is 0 Å². The highest BCUT2D eigenvalue weighted by Gasteiger charge is 2.26. The highest BCUT2D eigenvalue weighted by molar-refractivity contribution is 7.91. The van der Waals surface area contributed by atoms with E-state index in [0.29, 0.717) is 10.8 Å². The summed E-state index contributed by atoms with van der Waals surface area (Å²) in [6.45, 7) is 7.33. The summed E-state index contributed by atoms with van der Waals surface area (Å²) in [5.41, 5.74) is -0.321. The number of hydrogen-bond donors (Lipinski definition) is 2. The predicted molar refractivity (Wildman–Crippen MR) is 79.3 cm³/mol. The van der Waals surface area contributed by atoms with E-state index in [1.807, 2.05) is 13.8 Å². The standard InChI is InChI=1S/C12H20ClNO3S2/c1-8(2)6-12(4,15)7-14-19(16,17)10-5-9(3)11(13)18-10/h5,8,14-15H,6-7H2,1-4H3. The van der Waals surface area contributed by atoms with Gasteiger partial charge in [-0.3, -0.25) is 0 Å². The van der Waals surface area contributed by atoms with Crippen LogP contribution in [0.5, 0.6) is 0 Å². The third kappa shape index (κ3) is 5.04. The number of nitrogens with one attached hydrogen (secondary N) is 1. The topological polar surface area (TPSA) is 66.4 Å². The largest absolute Gasteiger partial charge is 0.389 e. The summed E-state index contributed by atoms with van der Waals surface area (Å²) in [6.07, 6.45) is 0.528. The van der Waals surface area contributed by atoms with Crippen LogP contribution in [0.1, 0.15) is 32.8 Å². The van der Waals surface area contributed by atoms with Gasteiger partial charge in [-0.2, -0.15) is 0 Å². The molecule has 1 aromatic rings. The fourth-order valence-electron chi connectivity index (χ4n) is 1.84. The molecule has 1 atom stereocenters. The van der Waals surface area contributed by atoms with E-state index in [0.717, 1.165) is 16.9 Å². The molecule has 0 saturated heterocycles. The SMILES string of the molecule is Cc1cc(S(=O)(=O)NCC(C)(O)CC(C)C)sc1Cl. The van der Waals surface area contributed by atoms with Crippen molar-refractivity contribution >= 4 is 33.0 Å². The average Bonchev–Trinajstić information content (AvgIpc) is 2.56. The molecule has 0 aliphatic rings. The van der Waals surface area contributed by atoms with Gasteiger partial charge in [-0.1, -0.05) is 25.4 Å². The Morgan fingerprint density at radius 2 is 2.11 bits per heavy atom. The van der Waals surface area contributed by atoms with Crippen LogP contribution in [-0.2, 0) is 10.0 Å². The van der Waals surface area contributed by atoms with Crippen molar-refractivity contribution in [3.63, 3.8) is 0 Å². The molecule has 0 amide bonds. The molecule has 0 radical (unpaired) electrons. The third-order valence-corrected chi connectivity index (χ3v) is 6.02. The maximum atomic E-state index is 12.1. The summed E-state index contributed by atoms with van der Waals surface area (Å²) in [7, 11) is -3.61. The van der Waals surface area contributed by atoms with E-state index in [1.165, 1.54) is 6.07 Å². The Morgan fingerprint density at radius 1 is 1.53 bits per heavy atom. The van der Waals surface area contributed by atoms with Gasteiger partial charge in [0.2, 0.25) is 10.0 Å². The quantitative estimate of drug-likeness (QED) is 0.845. The summed E-state index contributed by atoms with van der Waals surface area (Å²) in [4.78, 5) is 0. The normalized spacial score (nSPS) is 15.7. The minimum atomic E-state index is -3.61. The predicted octanol–water partition coefficient (Wildman–Crippen LogP) is 2.79. The van der Waals surface area contributed by atoms with Crippen LogP contribution in [0.25, 0.3) is 0 Å². The van der Waals surface area contributed by atoms with Gasteiger partial charge >= 0.3 is 0 Å². The van der Waals surface area contributed by atoms with Gasteiger partial charge in [-0.25, -0.2) is 13.1 Å². The molecule has 0 aliphatic carbocycles. The Morgan fingerprint density at radius 3 is 2.53 bits per heavy atom. The van der Waals surface area contributed by atoms with Crippen molar-refractivity contribution in [1.82, 2.24) is 4.72 Å². The summed E-state index contributed by atoms with van der Waals surface area (Å²) in [5, 5.41) is 10.1. The number of rotatable bonds is 6. The van der Waals surface area contributed by atoms with Crippen LogP contribution in [0.3, 0.4) is 0 Å². The first kappa shape index (κ1) is 16.9. The average molecular weight is 326 g/mol. The van der Waals surface area contributed by atoms with Crippen molar-refractivity contribution < 1.29 is 13.5 Å². The van der Waals surface area contributed by atoms with Crippen LogP contribution < -0.4 is 4.72 Å². The van der Waals surface area contributed by atoms with Crippen molar-refractivity contribution in [2.75, 3.05) is 6.54 Å². The van der Waals surface area contributed by atoms with E-state index in [2.05, 4.69) is 4.72 Å². The van der Waals surface area contributed by atoms with Crippen LogP contribution in [0.4, 0.5) is 0 Å². The first-order valence-electron chi connectivity index (χ1n) is 6.01. The highest BCUT2D eigenvalue weighted by atomic mass is 35.5. The van der Waals surface area contributed by atoms with Gasteiger partial charge in [0.05, 0.1) is 9.94 Å². The number of thiophene rings is 1. The van der Waals surface area contributed by atoms with Gasteiger partial charge in [0, 0.05) is 6.54 Å². The molecule has 1 rings (SSSR count). The summed E-state index contributed by atoms with van der Waals surface area (Å²) < 4.78 is 27.2. The van der Waals surface area contributed by atoms with Crippen LogP contribution in [-0.4, -0.2) is 25.7 Å². The molecule has 1 aromatic heterocycles. The van der Waals surface area contributed by atoms with Gasteiger partial charge in [-0.05, 0) is 37.8 Å². The molecule has 7 heteroatoms. The number of halogens is 1. The highest BCUT2D eigenvalue weighted by Crippen LogP contribution is 2.30. The van der Waals surface area contributed by atoms with Gasteiger partial charge in [-0.15, -0.1) is 11.3 Å². The van der Waals surface area contributed by atoms with Crippen LogP contribution in [0.2, 0.25) is 4.34 Å². The second-order valence-corrected chi connectivity index (χ2v) is 9.09. The number of aliphatic hydroxyl groups is 1. The van der Waals surface area contributed by atoms with Crippen LogP contribution >= 0.6 is 22.9 Å². The number of sulfonamides is 1. The summed E-state index contributed by atoms with van der Waals surface area (Å²) >= 11 is 6.89. The molecule has 19 heavy (non-hydrogen) atoms. The summed E-state index contributed by atoms with van der Waals surface area (Å²) in [6, 6.07) is 1.53. The maximum absolute atomic E-state index is 12.1. The lowest BCUT2D eigenvalue weighted by Crippen LogP contribution is -2.41. The molecule has 4 nitrogen and oxygen atoms in total. The molecule has 0 saturated carbocycles. The van der Waals surface area contributed by atoms with Crippen molar-refractivity contribution in [3.05, 3.63) is 16.0 Å². The van der Waals surface area contributed by atoms with Gasteiger partial charge in [0.1, 0.15) is 4.21 Å². The second kappa shape index (κ2) is 6.10. The second-order valence-electron chi connectivity index (χ2n) is 5.44. The van der Waals surface area contributed by atoms with Crippen LogP contribution in [0, 0.1) is 12.8 Å². The molecular weight excluding hydrogens is 306 g/mol. The summed E-state index contributed by atoms with van der Waals surface area (Å²) in [5.74, 6) is 0.290. The van der Waals surface area contributed by atoms with E-state index in [9.17, 15) is 13.5 Å². The monoisotopic (exact) mass is 325 g/mol. The molecule has 0 aliphatic heterocycles. The van der Waals surface area contributed by atoms with Gasteiger partial charge in [0.15, 0.2) is 0 Å². The Labute approximate surface area is 123 Å². The first-order chi connectivity index (χ1) is 8.53. The Balaban J connectivity index is 2.76.